The van der Waals surface area contributed by atoms with Gasteiger partial charge in [-0.3, -0.25) is 0 Å². The number of aryl methyl sites for hydroxylation is 1. The zero-order valence-electron chi connectivity index (χ0n) is 11.9. The summed E-state index contributed by atoms with van der Waals surface area (Å²) in [6, 6.07) is 5.70. The van der Waals surface area contributed by atoms with Gasteiger partial charge in [0.05, 0.1) is 23.9 Å². The minimum absolute atomic E-state index is 0.00792. The van der Waals surface area contributed by atoms with Crippen molar-refractivity contribution < 1.29 is 4.74 Å². The van der Waals surface area contributed by atoms with Crippen molar-refractivity contribution in [3.63, 3.8) is 0 Å². The molecule has 0 saturated heterocycles. The number of methoxy groups -OCH3 is 1. The largest absolute Gasteiger partial charge is 0.496 e. The van der Waals surface area contributed by atoms with Gasteiger partial charge >= 0.3 is 0 Å². The van der Waals surface area contributed by atoms with Gasteiger partial charge in [0.25, 0.3) is 0 Å². The summed E-state index contributed by atoms with van der Waals surface area (Å²) in [5.41, 5.74) is 2.04. The molecule has 1 aromatic carbocycles. The maximum Gasteiger partial charge on any atom is 0.124 e. The lowest BCUT2D eigenvalue weighted by atomic mass is 10.0. The number of hydrogen-bond acceptors (Lipinski definition) is 4. The molecule has 0 bridgehead atoms. The number of aromatic nitrogens is 1. The predicted octanol–water partition coefficient (Wildman–Crippen LogP) is 4.20. The van der Waals surface area contributed by atoms with Crippen molar-refractivity contribution >= 4 is 22.9 Å². The molecule has 0 fully saturated rings. The van der Waals surface area contributed by atoms with Gasteiger partial charge in [0, 0.05) is 16.0 Å². The molecule has 20 heavy (non-hydrogen) atoms. The highest BCUT2D eigenvalue weighted by Crippen LogP contribution is 2.32. The molecule has 1 atom stereocenters. The quantitative estimate of drug-likeness (QED) is 0.868. The summed E-state index contributed by atoms with van der Waals surface area (Å²) in [6.07, 6.45) is 1.06. The van der Waals surface area contributed by atoms with Gasteiger partial charge in [-0.2, -0.15) is 0 Å². The first-order valence-electron chi connectivity index (χ1n) is 6.64. The first kappa shape index (κ1) is 15.3. The topological polar surface area (TPSA) is 34.2 Å². The summed E-state index contributed by atoms with van der Waals surface area (Å²) in [5, 5.41) is 7.37. The van der Waals surface area contributed by atoms with Crippen molar-refractivity contribution in [1.29, 1.82) is 0 Å². The van der Waals surface area contributed by atoms with Crippen LogP contribution in [0.1, 0.15) is 35.7 Å². The van der Waals surface area contributed by atoms with E-state index in [-0.39, 0.29) is 6.04 Å². The van der Waals surface area contributed by atoms with E-state index in [2.05, 4.69) is 22.6 Å². The van der Waals surface area contributed by atoms with E-state index in [4.69, 9.17) is 16.3 Å². The smallest absolute Gasteiger partial charge is 0.124 e. The zero-order valence-corrected chi connectivity index (χ0v) is 13.5. The number of hydrogen-bond donors (Lipinski definition) is 1. The second-order valence-corrected chi connectivity index (χ2v) is 6.06. The van der Waals surface area contributed by atoms with Crippen LogP contribution in [0, 0.1) is 6.92 Å². The number of rotatable bonds is 6. The minimum atomic E-state index is 0.00792. The van der Waals surface area contributed by atoms with Gasteiger partial charge in [0.1, 0.15) is 5.75 Å². The maximum atomic E-state index is 6.14. The van der Waals surface area contributed by atoms with Crippen molar-refractivity contribution in [3.8, 4) is 5.75 Å². The fourth-order valence-electron chi connectivity index (χ4n) is 2.11. The van der Waals surface area contributed by atoms with Gasteiger partial charge in [-0.05, 0) is 38.1 Å². The summed E-state index contributed by atoms with van der Waals surface area (Å²) >= 11 is 7.80. The summed E-state index contributed by atoms with van der Waals surface area (Å²) in [5.74, 6) is 0.827. The van der Waals surface area contributed by atoms with Gasteiger partial charge in [-0.25, -0.2) is 4.98 Å². The molecule has 0 aliphatic heterocycles. The van der Waals surface area contributed by atoms with Gasteiger partial charge in [-0.15, -0.1) is 11.3 Å². The Morgan fingerprint density at radius 3 is 2.85 bits per heavy atom. The molecule has 3 nitrogen and oxygen atoms in total. The van der Waals surface area contributed by atoms with Crippen LogP contribution in [-0.4, -0.2) is 18.6 Å². The SMILES string of the molecule is CCCNC(c1csc(C)n1)c1cc(Cl)ccc1OC. The number of nitrogens with one attached hydrogen (secondary N) is 1. The average Bonchev–Trinajstić information content (AvgIpc) is 2.86. The molecule has 0 spiro atoms. The standard InChI is InChI=1S/C15H19ClN2OS/c1-4-7-17-15(13-9-20-10(2)18-13)12-8-11(16)5-6-14(12)19-3/h5-6,8-9,15,17H,4,7H2,1-3H3. The number of halogens is 1. The molecule has 0 saturated carbocycles. The van der Waals surface area contributed by atoms with Crippen LogP contribution in [-0.2, 0) is 0 Å². The summed E-state index contributed by atoms with van der Waals surface area (Å²) < 4.78 is 5.47. The van der Waals surface area contributed by atoms with Crippen LogP contribution < -0.4 is 10.1 Å². The van der Waals surface area contributed by atoms with E-state index in [0.717, 1.165) is 35.0 Å². The summed E-state index contributed by atoms with van der Waals surface area (Å²) in [6.45, 7) is 5.07. The molecular formula is C15H19ClN2OS. The maximum absolute atomic E-state index is 6.14. The fourth-order valence-corrected chi connectivity index (χ4v) is 2.92. The Bertz CT molecular complexity index is 571. The van der Waals surface area contributed by atoms with Gasteiger partial charge in [0.15, 0.2) is 0 Å². The average molecular weight is 311 g/mol. The molecule has 2 rings (SSSR count). The second-order valence-electron chi connectivity index (χ2n) is 4.56. The molecule has 0 aliphatic carbocycles. The molecule has 0 amide bonds. The first-order chi connectivity index (χ1) is 9.65. The molecule has 108 valence electrons. The van der Waals surface area contributed by atoms with Crippen LogP contribution in [0.3, 0.4) is 0 Å². The summed E-state index contributed by atoms with van der Waals surface area (Å²) in [7, 11) is 1.68. The third kappa shape index (κ3) is 3.51. The van der Waals surface area contributed by atoms with E-state index in [9.17, 15) is 0 Å². The van der Waals surface area contributed by atoms with Gasteiger partial charge in [-0.1, -0.05) is 18.5 Å². The lowest BCUT2D eigenvalue weighted by molar-refractivity contribution is 0.403. The molecule has 1 aromatic heterocycles. The number of thiazole rings is 1. The lowest BCUT2D eigenvalue weighted by Crippen LogP contribution is -2.24. The van der Waals surface area contributed by atoms with Crippen molar-refractivity contribution in [2.24, 2.45) is 0 Å². The first-order valence-corrected chi connectivity index (χ1v) is 7.90. The third-order valence-electron chi connectivity index (χ3n) is 3.03. The van der Waals surface area contributed by atoms with Crippen molar-refractivity contribution in [2.45, 2.75) is 26.3 Å². The van der Waals surface area contributed by atoms with E-state index in [0.29, 0.717) is 5.02 Å². The molecule has 2 aromatic rings. The van der Waals surface area contributed by atoms with Crippen LogP contribution in [0.25, 0.3) is 0 Å². The van der Waals surface area contributed by atoms with Crippen LogP contribution in [0.15, 0.2) is 23.6 Å². The Hall–Kier alpha value is -1.10. The highest BCUT2D eigenvalue weighted by atomic mass is 35.5. The fraction of sp³-hybridized carbons (Fsp3) is 0.400. The molecule has 1 heterocycles. The van der Waals surface area contributed by atoms with Crippen molar-refractivity contribution in [3.05, 3.63) is 44.9 Å². The molecule has 0 aliphatic rings. The van der Waals surface area contributed by atoms with Crippen LogP contribution in [0.2, 0.25) is 5.02 Å². The molecule has 1 N–H and O–H groups in total. The minimum Gasteiger partial charge on any atom is -0.496 e. The monoisotopic (exact) mass is 310 g/mol. The van der Waals surface area contributed by atoms with Crippen molar-refractivity contribution in [2.75, 3.05) is 13.7 Å². The Morgan fingerprint density at radius 1 is 1.45 bits per heavy atom. The van der Waals surface area contributed by atoms with E-state index in [1.54, 1.807) is 18.4 Å². The molecule has 0 radical (unpaired) electrons. The van der Waals surface area contributed by atoms with Gasteiger partial charge in [0.2, 0.25) is 0 Å². The number of benzene rings is 1. The van der Waals surface area contributed by atoms with E-state index < -0.39 is 0 Å². The second kappa shape index (κ2) is 7.07. The summed E-state index contributed by atoms with van der Waals surface area (Å²) in [4.78, 5) is 4.60. The molecule has 5 heteroatoms. The predicted molar refractivity (Wildman–Crippen MR) is 85.0 cm³/mol. The highest BCUT2D eigenvalue weighted by molar-refractivity contribution is 7.09. The normalized spacial score (nSPS) is 12.4. The molecular weight excluding hydrogens is 292 g/mol. The van der Waals surface area contributed by atoms with E-state index in [1.807, 2.05) is 25.1 Å². The third-order valence-corrected chi connectivity index (χ3v) is 4.06. The lowest BCUT2D eigenvalue weighted by Gasteiger charge is -2.20. The van der Waals surface area contributed by atoms with Gasteiger partial charge < -0.3 is 10.1 Å². The van der Waals surface area contributed by atoms with Crippen LogP contribution in [0.4, 0.5) is 0 Å². The number of ether oxygens (including phenoxy) is 1. The Kier molecular flexibility index (Phi) is 5.40. The Labute approximate surface area is 129 Å². The van der Waals surface area contributed by atoms with Crippen LogP contribution >= 0.6 is 22.9 Å². The zero-order chi connectivity index (χ0) is 14.5. The molecule has 1 unspecified atom stereocenters. The van der Waals surface area contributed by atoms with Crippen LogP contribution in [0.5, 0.6) is 5.75 Å². The highest BCUT2D eigenvalue weighted by Gasteiger charge is 2.20. The number of nitrogens with zero attached hydrogens (tertiary/aromatic N) is 1. The Balaban J connectivity index is 2.42. The van der Waals surface area contributed by atoms with Crippen molar-refractivity contribution in [1.82, 2.24) is 10.3 Å². The van der Waals surface area contributed by atoms with E-state index >= 15 is 0 Å². The van der Waals surface area contributed by atoms with E-state index in [1.165, 1.54) is 0 Å². The Morgan fingerprint density at radius 2 is 2.25 bits per heavy atom.